The molecule has 1 unspecified atom stereocenters. The van der Waals surface area contributed by atoms with Crippen LogP contribution in [0, 0.1) is 5.41 Å². The van der Waals surface area contributed by atoms with Gasteiger partial charge in [0.2, 0.25) is 5.91 Å². The van der Waals surface area contributed by atoms with Gasteiger partial charge < -0.3 is 15.0 Å². The number of hydrogen-bond acceptors (Lipinski definition) is 6. The minimum absolute atomic E-state index is 0.173. The molecule has 4 rings (SSSR count). The summed E-state index contributed by atoms with van der Waals surface area (Å²) in [6.07, 6.45) is 10.9. The predicted molar refractivity (Wildman–Crippen MR) is 108 cm³/mol. The van der Waals surface area contributed by atoms with Crippen molar-refractivity contribution in [3.05, 3.63) is 35.6 Å². The number of ether oxygens (including phenoxy) is 1. The second-order valence-corrected chi connectivity index (χ2v) is 8.63. The van der Waals surface area contributed by atoms with Gasteiger partial charge in [0.1, 0.15) is 6.61 Å². The Kier molecular flexibility index (Phi) is 5.67. The summed E-state index contributed by atoms with van der Waals surface area (Å²) in [5.74, 6) is 0.265. The van der Waals surface area contributed by atoms with Gasteiger partial charge >= 0.3 is 5.97 Å². The molecule has 0 bridgehead atoms. The van der Waals surface area contributed by atoms with Crippen molar-refractivity contribution in [2.24, 2.45) is 5.41 Å². The summed E-state index contributed by atoms with van der Waals surface area (Å²) in [6.45, 7) is 5.94. The quantitative estimate of drug-likeness (QED) is 0.742. The van der Waals surface area contributed by atoms with Gasteiger partial charge in [-0.15, -0.1) is 0 Å². The number of carbonyl (C=O) groups is 2. The van der Waals surface area contributed by atoms with Crippen LogP contribution >= 0.6 is 0 Å². The van der Waals surface area contributed by atoms with Crippen LogP contribution in [0.2, 0.25) is 0 Å². The van der Waals surface area contributed by atoms with Crippen LogP contribution in [0.25, 0.3) is 0 Å². The molecule has 1 aromatic heterocycles. The van der Waals surface area contributed by atoms with E-state index in [1.807, 2.05) is 12.4 Å². The van der Waals surface area contributed by atoms with Crippen LogP contribution in [-0.4, -0.2) is 45.9 Å². The number of rotatable bonds is 6. The largest absolute Gasteiger partial charge is 0.456 e. The van der Waals surface area contributed by atoms with E-state index in [0.29, 0.717) is 25.0 Å². The zero-order chi connectivity index (χ0) is 20.4. The highest BCUT2D eigenvalue weighted by Gasteiger charge is 2.49. The van der Waals surface area contributed by atoms with E-state index in [0.717, 1.165) is 55.6 Å². The van der Waals surface area contributed by atoms with Crippen LogP contribution in [0.3, 0.4) is 0 Å². The van der Waals surface area contributed by atoms with E-state index >= 15 is 0 Å². The highest BCUT2D eigenvalue weighted by Crippen LogP contribution is 2.46. The Bertz CT molecular complexity index is 797. The SMILES string of the molecule is CCC(C)c1cnc(CNC2CCC3(CC2)CCN(C2=CC(=O)OC2)C3=O)cn1. The molecule has 1 spiro atoms. The first-order valence-electron chi connectivity index (χ1n) is 10.7. The Hall–Kier alpha value is -2.28. The lowest BCUT2D eigenvalue weighted by atomic mass is 9.71. The van der Waals surface area contributed by atoms with E-state index in [9.17, 15) is 9.59 Å². The van der Waals surface area contributed by atoms with Crippen molar-refractivity contribution in [2.45, 2.75) is 70.9 Å². The van der Waals surface area contributed by atoms with Gasteiger partial charge in [0, 0.05) is 31.4 Å². The van der Waals surface area contributed by atoms with Crippen LogP contribution in [0.1, 0.15) is 69.7 Å². The van der Waals surface area contributed by atoms with Crippen molar-refractivity contribution in [1.29, 1.82) is 0 Å². The molecule has 0 radical (unpaired) electrons. The van der Waals surface area contributed by atoms with E-state index in [1.165, 1.54) is 6.08 Å². The van der Waals surface area contributed by atoms with Gasteiger partial charge in [-0.3, -0.25) is 14.8 Å². The molecule has 2 fully saturated rings. The maximum absolute atomic E-state index is 13.1. The van der Waals surface area contributed by atoms with Gasteiger partial charge in [0.05, 0.1) is 28.7 Å². The molecule has 7 heteroatoms. The maximum Gasteiger partial charge on any atom is 0.333 e. The Morgan fingerprint density at radius 1 is 1.24 bits per heavy atom. The number of nitrogens with one attached hydrogen (secondary N) is 1. The second-order valence-electron chi connectivity index (χ2n) is 8.63. The molecule has 1 aliphatic carbocycles. The average molecular weight is 399 g/mol. The molecule has 156 valence electrons. The number of hydrogen-bond donors (Lipinski definition) is 1. The lowest BCUT2D eigenvalue weighted by Gasteiger charge is -2.36. The molecule has 3 heterocycles. The number of esters is 1. The minimum atomic E-state index is -0.345. The van der Waals surface area contributed by atoms with Gasteiger partial charge in [-0.2, -0.15) is 0 Å². The summed E-state index contributed by atoms with van der Waals surface area (Å²) in [5.41, 5.74) is 2.46. The Balaban J connectivity index is 1.28. The van der Waals surface area contributed by atoms with Gasteiger partial charge in [-0.25, -0.2) is 4.79 Å². The lowest BCUT2D eigenvalue weighted by molar-refractivity contribution is -0.138. The van der Waals surface area contributed by atoms with Crippen molar-refractivity contribution >= 4 is 11.9 Å². The van der Waals surface area contributed by atoms with Gasteiger partial charge in [-0.1, -0.05) is 13.8 Å². The molecule has 1 saturated heterocycles. The van der Waals surface area contributed by atoms with Crippen LogP contribution in [0.15, 0.2) is 24.2 Å². The molecule has 1 amide bonds. The standard InChI is InChI=1S/C22H30N4O3/c1-3-15(2)19-13-24-17(12-25-19)11-23-16-4-6-22(7-5-16)8-9-26(21(22)28)18-10-20(27)29-14-18/h10,12-13,15-16,23H,3-9,11,14H2,1-2H3. The maximum atomic E-state index is 13.1. The summed E-state index contributed by atoms with van der Waals surface area (Å²) in [4.78, 5) is 35.2. The Morgan fingerprint density at radius 2 is 2.03 bits per heavy atom. The second kappa shape index (κ2) is 8.22. The monoisotopic (exact) mass is 398 g/mol. The summed E-state index contributed by atoms with van der Waals surface area (Å²) < 4.78 is 4.97. The topological polar surface area (TPSA) is 84.4 Å². The van der Waals surface area contributed by atoms with E-state index in [2.05, 4.69) is 29.1 Å². The molecule has 3 aliphatic rings. The number of carbonyl (C=O) groups excluding carboxylic acids is 2. The molecular weight excluding hydrogens is 368 g/mol. The van der Waals surface area contributed by atoms with Crippen LogP contribution in [0.4, 0.5) is 0 Å². The first kappa shape index (κ1) is 20.0. The van der Waals surface area contributed by atoms with Crippen molar-refractivity contribution in [3.63, 3.8) is 0 Å². The van der Waals surface area contributed by atoms with Crippen molar-refractivity contribution in [2.75, 3.05) is 13.2 Å². The third kappa shape index (κ3) is 4.06. The van der Waals surface area contributed by atoms with Gasteiger partial charge in [0.15, 0.2) is 0 Å². The molecule has 29 heavy (non-hydrogen) atoms. The fourth-order valence-corrected chi connectivity index (χ4v) is 4.62. The fraction of sp³-hybridized carbons (Fsp3) is 0.636. The van der Waals surface area contributed by atoms with E-state index in [-0.39, 0.29) is 23.9 Å². The van der Waals surface area contributed by atoms with Crippen molar-refractivity contribution in [1.82, 2.24) is 20.2 Å². The summed E-state index contributed by atoms with van der Waals surface area (Å²) in [6, 6.07) is 0.397. The number of cyclic esters (lactones) is 1. The van der Waals surface area contributed by atoms with Crippen LogP contribution < -0.4 is 5.32 Å². The summed E-state index contributed by atoms with van der Waals surface area (Å²) >= 11 is 0. The Morgan fingerprint density at radius 3 is 2.66 bits per heavy atom. The highest BCUT2D eigenvalue weighted by molar-refractivity contribution is 5.90. The molecule has 1 aromatic rings. The van der Waals surface area contributed by atoms with E-state index < -0.39 is 0 Å². The highest BCUT2D eigenvalue weighted by atomic mass is 16.5. The van der Waals surface area contributed by atoms with Crippen LogP contribution in [0.5, 0.6) is 0 Å². The molecule has 0 aromatic carbocycles. The van der Waals surface area contributed by atoms with Gasteiger partial charge in [-0.05, 0) is 44.4 Å². The minimum Gasteiger partial charge on any atom is -0.456 e. The first-order valence-corrected chi connectivity index (χ1v) is 10.7. The summed E-state index contributed by atoms with van der Waals surface area (Å²) in [7, 11) is 0. The normalized spacial score (nSPS) is 28.0. The predicted octanol–water partition coefficient (Wildman–Crippen LogP) is 2.68. The third-order valence-corrected chi connectivity index (χ3v) is 6.86. The first-order chi connectivity index (χ1) is 14.0. The van der Waals surface area contributed by atoms with Crippen molar-refractivity contribution < 1.29 is 14.3 Å². The smallest absolute Gasteiger partial charge is 0.333 e. The van der Waals surface area contributed by atoms with Crippen molar-refractivity contribution in [3.8, 4) is 0 Å². The number of nitrogens with zero attached hydrogens (tertiary/aromatic N) is 3. The Labute approximate surface area is 171 Å². The molecule has 1 atom stereocenters. The third-order valence-electron chi connectivity index (χ3n) is 6.86. The van der Waals surface area contributed by atoms with E-state index in [1.54, 1.807) is 4.90 Å². The zero-order valence-corrected chi connectivity index (χ0v) is 17.3. The number of amides is 1. The summed E-state index contributed by atoms with van der Waals surface area (Å²) in [5, 5.41) is 3.59. The molecule has 2 aliphatic heterocycles. The molecule has 7 nitrogen and oxygen atoms in total. The average Bonchev–Trinajstić information content (AvgIpc) is 3.31. The zero-order valence-electron chi connectivity index (χ0n) is 17.3. The lowest BCUT2D eigenvalue weighted by Crippen LogP contribution is -2.42. The van der Waals surface area contributed by atoms with E-state index in [4.69, 9.17) is 4.74 Å². The molecular formula is C22H30N4O3. The number of aromatic nitrogens is 2. The fourth-order valence-electron chi connectivity index (χ4n) is 4.62. The number of likely N-dealkylation sites (tertiary alicyclic amines) is 1. The molecule has 1 saturated carbocycles. The molecule has 1 N–H and O–H groups in total. The van der Waals surface area contributed by atoms with Crippen LogP contribution in [-0.2, 0) is 20.9 Å². The van der Waals surface area contributed by atoms with Gasteiger partial charge in [0.25, 0.3) is 0 Å².